The van der Waals surface area contributed by atoms with Crippen LogP contribution in [0, 0.1) is 18.2 Å². The monoisotopic (exact) mass is 471 g/mol. The minimum Gasteiger partial charge on any atom is -0.476 e. The van der Waals surface area contributed by atoms with Gasteiger partial charge >= 0.3 is 0 Å². The largest absolute Gasteiger partial charge is 0.476 e. The number of halogens is 1. The van der Waals surface area contributed by atoms with Crippen LogP contribution < -0.4 is 15.8 Å². The molecule has 0 unspecified atom stereocenters. The Morgan fingerprint density at radius 3 is 2.82 bits per heavy atom. The first-order valence-electron chi connectivity index (χ1n) is 10.2. The first-order valence-corrected chi connectivity index (χ1v) is 11.0. The second-order valence-corrected chi connectivity index (χ2v) is 9.68. The Balaban J connectivity index is 1.80. The van der Waals surface area contributed by atoms with Gasteiger partial charge in [-0.25, -0.2) is 14.4 Å². The average molecular weight is 472 g/mol. The van der Waals surface area contributed by atoms with E-state index in [1.165, 1.54) is 36.3 Å². The van der Waals surface area contributed by atoms with Crippen LogP contribution in [0.4, 0.5) is 10.1 Å². The van der Waals surface area contributed by atoms with Gasteiger partial charge in [0.05, 0.1) is 24.5 Å². The summed E-state index contributed by atoms with van der Waals surface area (Å²) >= 11 is 1.41. The topological polar surface area (TPSA) is 112 Å². The Hall–Kier alpha value is -3.16. The van der Waals surface area contributed by atoms with Crippen LogP contribution in [0.2, 0.25) is 0 Å². The smallest absolute Gasteiger partial charge is 0.275 e. The van der Waals surface area contributed by atoms with E-state index in [9.17, 15) is 9.18 Å². The number of nitrogens with zero attached hydrogens (tertiary/aromatic N) is 3. The molecule has 0 aliphatic carbocycles. The predicted molar refractivity (Wildman–Crippen MR) is 127 cm³/mol. The van der Waals surface area contributed by atoms with E-state index in [0.29, 0.717) is 42.5 Å². The highest BCUT2D eigenvalue weighted by atomic mass is 32.2. The van der Waals surface area contributed by atoms with Crippen LogP contribution in [0.3, 0.4) is 0 Å². The summed E-state index contributed by atoms with van der Waals surface area (Å²) in [6.45, 7) is 4.57. The number of aromatic nitrogens is 2. The first-order chi connectivity index (χ1) is 15.7. The van der Waals surface area contributed by atoms with Gasteiger partial charge in [0.25, 0.3) is 5.91 Å². The van der Waals surface area contributed by atoms with E-state index in [2.05, 4.69) is 26.2 Å². The fraction of sp³-hybridized carbons (Fsp3) is 0.391. The molecule has 1 amide bonds. The zero-order valence-corrected chi connectivity index (χ0v) is 19.5. The van der Waals surface area contributed by atoms with Gasteiger partial charge in [-0.15, -0.1) is 12.3 Å². The Morgan fingerprint density at radius 1 is 1.36 bits per heavy atom. The summed E-state index contributed by atoms with van der Waals surface area (Å²) in [5, 5.41) is 3.08. The van der Waals surface area contributed by atoms with Gasteiger partial charge in [0.2, 0.25) is 5.88 Å². The summed E-state index contributed by atoms with van der Waals surface area (Å²) in [7, 11) is 1.61. The van der Waals surface area contributed by atoms with E-state index in [1.54, 1.807) is 13.2 Å². The number of ether oxygens (including phenoxy) is 2. The van der Waals surface area contributed by atoms with Crippen molar-refractivity contribution in [2.75, 3.05) is 25.6 Å². The lowest BCUT2D eigenvalue weighted by Gasteiger charge is -2.41. The van der Waals surface area contributed by atoms with Crippen LogP contribution in [0.1, 0.15) is 42.7 Å². The fourth-order valence-corrected chi connectivity index (χ4v) is 5.08. The molecule has 3 N–H and O–H groups in total. The standard InChI is InChI=1S/C23H26FN5O3S/c1-5-6-9-32-19-12-26-18(11-27-19)20(30)28-15-7-8-17(24)16(10-15)23(3)13-22(2,14-31-4)33-21(25)29-23/h1,7-8,10-12H,6,9,13-14H2,2-4H3,(H2,25,29)(H,28,30)/t22-,23+/m1/s1. The SMILES string of the molecule is C#CCCOc1cnc(C(=O)Nc2ccc(F)c([C@]3(C)C[C@](C)(COC)SC(N)=N3)c2)cn1. The molecule has 0 saturated heterocycles. The number of amidine groups is 1. The highest BCUT2D eigenvalue weighted by Crippen LogP contribution is 2.46. The molecule has 2 heterocycles. The lowest BCUT2D eigenvalue weighted by molar-refractivity contribution is 0.102. The van der Waals surface area contributed by atoms with Crippen molar-refractivity contribution in [1.29, 1.82) is 0 Å². The molecule has 1 aromatic heterocycles. The number of nitrogens with one attached hydrogen (secondary N) is 1. The van der Waals surface area contributed by atoms with Crippen molar-refractivity contribution < 1.29 is 18.7 Å². The van der Waals surface area contributed by atoms with Crippen LogP contribution in [0.25, 0.3) is 0 Å². The number of aliphatic imine (C=N–C) groups is 1. The fourth-order valence-electron chi connectivity index (χ4n) is 3.80. The number of anilines is 1. The van der Waals surface area contributed by atoms with Crippen LogP contribution >= 0.6 is 11.8 Å². The van der Waals surface area contributed by atoms with Crippen molar-refractivity contribution >= 4 is 28.5 Å². The number of terminal acetylenes is 1. The van der Waals surface area contributed by atoms with Crippen LogP contribution in [0.5, 0.6) is 5.88 Å². The third kappa shape index (κ3) is 6.00. The minimum atomic E-state index is -0.926. The Bertz CT molecular complexity index is 1090. The van der Waals surface area contributed by atoms with Crippen molar-refractivity contribution in [3.8, 4) is 18.2 Å². The summed E-state index contributed by atoms with van der Waals surface area (Å²) in [6, 6.07) is 4.34. The third-order valence-corrected chi connectivity index (χ3v) is 6.09. The predicted octanol–water partition coefficient (Wildman–Crippen LogP) is 3.34. The third-order valence-electron chi connectivity index (χ3n) is 5.04. The van der Waals surface area contributed by atoms with Gasteiger partial charge in [-0.3, -0.25) is 9.79 Å². The zero-order valence-electron chi connectivity index (χ0n) is 18.7. The normalized spacial score (nSPS) is 22.2. The number of amides is 1. The molecule has 3 rings (SSSR count). The van der Waals surface area contributed by atoms with E-state index >= 15 is 0 Å². The Morgan fingerprint density at radius 2 is 2.15 bits per heavy atom. The highest BCUT2D eigenvalue weighted by Gasteiger charge is 2.43. The van der Waals surface area contributed by atoms with E-state index < -0.39 is 17.3 Å². The first kappa shape index (κ1) is 24.5. The quantitative estimate of drug-likeness (QED) is 0.449. The molecule has 1 aromatic carbocycles. The Labute approximate surface area is 196 Å². The minimum absolute atomic E-state index is 0.0837. The number of rotatable bonds is 8. The number of carbonyl (C=O) groups is 1. The summed E-state index contributed by atoms with van der Waals surface area (Å²) < 4.78 is 25.2. The molecule has 1 aliphatic heterocycles. The molecule has 2 aromatic rings. The van der Waals surface area contributed by atoms with E-state index in [1.807, 2.05) is 13.8 Å². The van der Waals surface area contributed by atoms with Gasteiger partial charge < -0.3 is 20.5 Å². The number of hydrogen-bond acceptors (Lipinski definition) is 8. The van der Waals surface area contributed by atoms with Gasteiger partial charge in [-0.05, 0) is 38.5 Å². The summed E-state index contributed by atoms with van der Waals surface area (Å²) in [5.41, 5.74) is 5.96. The number of hydrogen-bond donors (Lipinski definition) is 2. The summed E-state index contributed by atoms with van der Waals surface area (Å²) in [4.78, 5) is 25.3. The number of nitrogens with two attached hydrogens (primary N) is 1. The second-order valence-electron chi connectivity index (χ2n) is 8.08. The van der Waals surface area contributed by atoms with Gasteiger partial charge in [0.15, 0.2) is 5.17 Å². The van der Waals surface area contributed by atoms with Crippen molar-refractivity contribution in [2.45, 2.75) is 37.0 Å². The maximum absolute atomic E-state index is 14.9. The van der Waals surface area contributed by atoms with Crippen molar-refractivity contribution in [3.63, 3.8) is 0 Å². The van der Waals surface area contributed by atoms with Crippen LogP contribution in [-0.2, 0) is 10.3 Å². The van der Waals surface area contributed by atoms with E-state index in [0.717, 1.165) is 0 Å². The molecule has 0 spiro atoms. The summed E-state index contributed by atoms with van der Waals surface area (Å²) in [6.07, 6.45) is 8.76. The maximum Gasteiger partial charge on any atom is 0.275 e. The Kier molecular flexibility index (Phi) is 7.56. The summed E-state index contributed by atoms with van der Waals surface area (Å²) in [5.74, 6) is 1.79. The lowest BCUT2D eigenvalue weighted by Crippen LogP contribution is -2.43. The van der Waals surface area contributed by atoms with Gasteiger partial charge in [-0.2, -0.15) is 0 Å². The molecule has 0 bridgehead atoms. The number of methoxy groups -OCH3 is 1. The van der Waals surface area contributed by atoms with Gasteiger partial charge in [0, 0.05) is 29.5 Å². The van der Waals surface area contributed by atoms with E-state index in [-0.39, 0.29) is 16.3 Å². The zero-order chi connectivity index (χ0) is 24.1. The van der Waals surface area contributed by atoms with E-state index in [4.69, 9.17) is 21.6 Å². The molecule has 33 heavy (non-hydrogen) atoms. The molecule has 1 aliphatic rings. The highest BCUT2D eigenvalue weighted by molar-refractivity contribution is 8.15. The number of carbonyl (C=O) groups excluding carboxylic acids is 1. The van der Waals surface area contributed by atoms with Crippen LogP contribution in [-0.4, -0.2) is 46.1 Å². The van der Waals surface area contributed by atoms with Crippen molar-refractivity contribution in [2.24, 2.45) is 10.7 Å². The molecule has 0 radical (unpaired) electrons. The molecule has 0 saturated carbocycles. The average Bonchev–Trinajstić information content (AvgIpc) is 2.74. The molecule has 10 heteroatoms. The van der Waals surface area contributed by atoms with Gasteiger partial charge in [-0.1, -0.05) is 11.8 Å². The second kappa shape index (κ2) is 10.2. The van der Waals surface area contributed by atoms with Crippen molar-refractivity contribution in [1.82, 2.24) is 9.97 Å². The molecular weight excluding hydrogens is 445 g/mol. The van der Waals surface area contributed by atoms with Crippen molar-refractivity contribution in [3.05, 3.63) is 47.7 Å². The molecular formula is C23H26FN5O3S. The molecule has 8 nitrogen and oxygen atoms in total. The maximum atomic E-state index is 14.9. The molecule has 0 fully saturated rings. The van der Waals surface area contributed by atoms with Gasteiger partial charge in [0.1, 0.15) is 18.1 Å². The molecule has 174 valence electrons. The molecule has 2 atom stereocenters. The number of thioether (sulfide) groups is 1. The number of benzene rings is 1. The lowest BCUT2D eigenvalue weighted by atomic mass is 9.83. The van der Waals surface area contributed by atoms with Crippen LogP contribution in [0.15, 0.2) is 35.6 Å².